The molecule has 3 aromatic carbocycles. The van der Waals surface area contributed by atoms with Gasteiger partial charge in [-0.2, -0.15) is 0 Å². The summed E-state index contributed by atoms with van der Waals surface area (Å²) in [5.41, 5.74) is 4.18. The van der Waals surface area contributed by atoms with E-state index >= 15 is 0 Å². The number of hydrogen-bond acceptors (Lipinski definition) is 1. The first-order valence-corrected chi connectivity index (χ1v) is 9.91. The predicted octanol–water partition coefficient (Wildman–Crippen LogP) is 7.04. The van der Waals surface area contributed by atoms with Crippen LogP contribution >= 0.6 is 11.3 Å². The van der Waals surface area contributed by atoms with Crippen LogP contribution in [0.2, 0.25) is 0 Å². The fraction of sp³-hybridized carbons (Fsp3) is 0.217. The molecule has 0 aliphatic rings. The van der Waals surface area contributed by atoms with Gasteiger partial charge in [-0.15, -0.1) is 11.3 Å². The Kier molecular flexibility index (Phi) is 3.36. The van der Waals surface area contributed by atoms with Crippen molar-refractivity contribution in [3.63, 3.8) is 0 Å². The molecule has 2 heteroatoms. The second kappa shape index (κ2) is 5.60. The van der Waals surface area contributed by atoms with Crippen LogP contribution < -0.4 is 0 Å². The Labute approximate surface area is 151 Å². The molecule has 0 fully saturated rings. The lowest BCUT2D eigenvalue weighted by molar-refractivity contribution is 0.795. The molecular formula is C23H21NS. The largest absolute Gasteiger partial charge is 0.343 e. The van der Waals surface area contributed by atoms with Gasteiger partial charge in [0.25, 0.3) is 0 Å². The first-order chi connectivity index (χ1) is 12.3. The molecule has 124 valence electrons. The summed E-state index contributed by atoms with van der Waals surface area (Å²) in [6.45, 7) is 2.26. The third kappa shape index (κ3) is 2.14. The molecule has 0 unspecified atom stereocenters. The molecule has 0 aliphatic heterocycles. The van der Waals surface area contributed by atoms with E-state index in [2.05, 4.69) is 73.1 Å². The zero-order valence-corrected chi connectivity index (χ0v) is 15.5. The van der Waals surface area contributed by atoms with Gasteiger partial charge in [0.15, 0.2) is 0 Å². The quantitative estimate of drug-likeness (QED) is 0.331. The number of aromatic nitrogens is 1. The van der Waals surface area contributed by atoms with Crippen molar-refractivity contribution in [2.75, 3.05) is 0 Å². The van der Waals surface area contributed by atoms with Crippen LogP contribution in [0, 0.1) is 0 Å². The Morgan fingerprint density at radius 2 is 1.72 bits per heavy atom. The average molecular weight is 343 g/mol. The lowest BCUT2D eigenvalue weighted by atomic mass is 10.0. The van der Waals surface area contributed by atoms with Gasteiger partial charge in [0.1, 0.15) is 0 Å². The summed E-state index contributed by atoms with van der Waals surface area (Å²) >= 11 is 1.90. The van der Waals surface area contributed by atoms with E-state index in [1.165, 1.54) is 66.8 Å². The number of rotatable bonds is 3. The number of hydrogen-bond donors (Lipinski definition) is 0. The number of thiophene rings is 1. The minimum Gasteiger partial charge on any atom is -0.343 e. The summed E-state index contributed by atoms with van der Waals surface area (Å²) in [6.07, 6.45) is 3.67. The average Bonchev–Trinajstić information content (AvgIpc) is 3.15. The van der Waals surface area contributed by atoms with Crippen LogP contribution in [0.5, 0.6) is 0 Å². The van der Waals surface area contributed by atoms with Gasteiger partial charge in [-0.25, -0.2) is 0 Å². The molecule has 5 rings (SSSR count). The van der Waals surface area contributed by atoms with Gasteiger partial charge in [-0.05, 0) is 36.6 Å². The minimum absolute atomic E-state index is 1.17. The van der Waals surface area contributed by atoms with Gasteiger partial charge >= 0.3 is 0 Å². The molecule has 5 aromatic rings. The Morgan fingerprint density at radius 1 is 0.880 bits per heavy atom. The maximum Gasteiger partial charge on any atom is 0.0583 e. The molecule has 1 nitrogen and oxygen atoms in total. The molecular weight excluding hydrogens is 322 g/mol. The lowest BCUT2D eigenvalue weighted by Crippen LogP contribution is -1.89. The maximum atomic E-state index is 2.40. The smallest absolute Gasteiger partial charge is 0.0583 e. The lowest BCUT2D eigenvalue weighted by Gasteiger charge is -2.03. The number of fused-ring (bicyclic) bond motifs is 7. The van der Waals surface area contributed by atoms with Gasteiger partial charge in [0.05, 0.1) is 5.52 Å². The summed E-state index contributed by atoms with van der Waals surface area (Å²) in [5.74, 6) is 0. The monoisotopic (exact) mass is 343 g/mol. The Balaban J connectivity index is 1.90. The van der Waals surface area contributed by atoms with Crippen LogP contribution in [-0.4, -0.2) is 4.57 Å². The molecule has 2 aromatic heterocycles. The van der Waals surface area contributed by atoms with E-state index in [0.717, 1.165) is 0 Å². The van der Waals surface area contributed by atoms with Gasteiger partial charge in [0.2, 0.25) is 0 Å². The van der Waals surface area contributed by atoms with Gasteiger partial charge in [-0.3, -0.25) is 0 Å². The van der Waals surface area contributed by atoms with E-state index in [1.807, 2.05) is 11.3 Å². The normalized spacial score (nSPS) is 12.1. The Morgan fingerprint density at radius 3 is 2.60 bits per heavy atom. The summed E-state index contributed by atoms with van der Waals surface area (Å²) < 4.78 is 5.16. The summed E-state index contributed by atoms with van der Waals surface area (Å²) in [6, 6.07) is 20.4. The zero-order valence-electron chi connectivity index (χ0n) is 14.7. The highest BCUT2D eigenvalue weighted by Crippen LogP contribution is 2.41. The van der Waals surface area contributed by atoms with Crippen molar-refractivity contribution in [1.82, 2.24) is 4.57 Å². The van der Waals surface area contributed by atoms with Crippen LogP contribution in [0.25, 0.3) is 42.0 Å². The SMILES string of the molecule is CCCCc1ccc2c3ccc4sc5ccccc5c4c3n(C)c2c1. The number of unbranched alkanes of at least 4 members (excludes halogenated alkanes) is 1. The fourth-order valence-electron chi connectivity index (χ4n) is 4.10. The summed E-state index contributed by atoms with van der Waals surface area (Å²) in [4.78, 5) is 0. The highest BCUT2D eigenvalue weighted by Gasteiger charge is 2.15. The van der Waals surface area contributed by atoms with Crippen molar-refractivity contribution in [3.8, 4) is 0 Å². The molecule has 0 radical (unpaired) electrons. The van der Waals surface area contributed by atoms with Gasteiger partial charge in [-0.1, -0.05) is 49.7 Å². The molecule has 25 heavy (non-hydrogen) atoms. The molecule has 2 heterocycles. The molecule has 0 spiro atoms. The van der Waals surface area contributed by atoms with E-state index in [0.29, 0.717) is 0 Å². The van der Waals surface area contributed by atoms with Gasteiger partial charge in [0, 0.05) is 43.5 Å². The maximum absolute atomic E-state index is 2.40. The Hall–Kier alpha value is -2.32. The van der Waals surface area contributed by atoms with Crippen molar-refractivity contribution in [2.24, 2.45) is 7.05 Å². The minimum atomic E-state index is 1.17. The van der Waals surface area contributed by atoms with E-state index in [1.54, 1.807) is 0 Å². The molecule has 0 N–H and O–H groups in total. The van der Waals surface area contributed by atoms with E-state index in [9.17, 15) is 0 Å². The summed E-state index contributed by atoms with van der Waals surface area (Å²) in [5, 5.41) is 5.53. The van der Waals surface area contributed by atoms with E-state index in [4.69, 9.17) is 0 Å². The standard InChI is InChI=1S/C23H21NS/c1-3-4-7-15-10-11-16-17-12-13-21-22(23(17)24(2)19(16)14-15)18-8-5-6-9-20(18)25-21/h5-6,8-14H,3-4,7H2,1-2H3. The van der Waals surface area contributed by atoms with Crippen molar-refractivity contribution in [1.29, 1.82) is 0 Å². The van der Waals surface area contributed by atoms with Crippen molar-refractivity contribution < 1.29 is 0 Å². The first-order valence-electron chi connectivity index (χ1n) is 9.09. The second-order valence-corrected chi connectivity index (χ2v) is 8.03. The van der Waals surface area contributed by atoms with Crippen LogP contribution in [-0.2, 0) is 13.5 Å². The molecule has 0 saturated carbocycles. The molecule has 0 saturated heterocycles. The highest BCUT2D eigenvalue weighted by atomic mass is 32.1. The summed E-state index contributed by atoms with van der Waals surface area (Å²) in [7, 11) is 2.22. The number of nitrogens with zero attached hydrogens (tertiary/aromatic N) is 1. The third-order valence-corrected chi connectivity index (χ3v) is 6.52. The van der Waals surface area contributed by atoms with Gasteiger partial charge < -0.3 is 4.57 Å². The second-order valence-electron chi connectivity index (χ2n) is 6.95. The van der Waals surface area contributed by atoms with E-state index < -0.39 is 0 Å². The van der Waals surface area contributed by atoms with Crippen molar-refractivity contribution >= 4 is 53.3 Å². The number of aryl methyl sites for hydroxylation is 2. The van der Waals surface area contributed by atoms with E-state index in [-0.39, 0.29) is 0 Å². The van der Waals surface area contributed by atoms with Crippen LogP contribution in [0.15, 0.2) is 54.6 Å². The first kappa shape index (κ1) is 15.0. The van der Waals surface area contributed by atoms with Crippen LogP contribution in [0.4, 0.5) is 0 Å². The van der Waals surface area contributed by atoms with Crippen molar-refractivity contribution in [2.45, 2.75) is 26.2 Å². The molecule has 0 aliphatic carbocycles. The molecule has 0 bridgehead atoms. The molecule has 0 amide bonds. The molecule has 0 atom stereocenters. The van der Waals surface area contributed by atoms with Crippen LogP contribution in [0.3, 0.4) is 0 Å². The third-order valence-electron chi connectivity index (χ3n) is 5.38. The zero-order chi connectivity index (χ0) is 17.0. The Bertz CT molecular complexity index is 1240. The van der Waals surface area contributed by atoms with Crippen molar-refractivity contribution in [3.05, 3.63) is 60.2 Å². The number of benzene rings is 3. The highest BCUT2D eigenvalue weighted by molar-refractivity contribution is 7.26. The van der Waals surface area contributed by atoms with Crippen LogP contribution in [0.1, 0.15) is 25.3 Å². The fourth-order valence-corrected chi connectivity index (χ4v) is 5.21. The predicted molar refractivity (Wildman–Crippen MR) is 112 cm³/mol. The topological polar surface area (TPSA) is 4.93 Å².